The maximum absolute atomic E-state index is 5.66. The standard InChI is InChI=1S/C9H22N4S3/c10-1-5-15-7-3-13(9(12)14)4-8-16-6-2-11/h1-8,10-11H2,(H2,12,14). The molecule has 0 saturated carbocycles. The monoisotopic (exact) mass is 282 g/mol. The van der Waals surface area contributed by atoms with Crippen LogP contribution in [0.15, 0.2) is 0 Å². The van der Waals surface area contributed by atoms with Crippen LogP contribution in [0.5, 0.6) is 0 Å². The van der Waals surface area contributed by atoms with Crippen molar-refractivity contribution in [2.75, 3.05) is 49.2 Å². The highest BCUT2D eigenvalue weighted by Crippen LogP contribution is 2.03. The molecule has 0 aromatic carbocycles. The maximum Gasteiger partial charge on any atom is 0.166 e. The molecule has 7 heteroatoms. The van der Waals surface area contributed by atoms with Crippen molar-refractivity contribution in [3.05, 3.63) is 0 Å². The van der Waals surface area contributed by atoms with E-state index in [0.717, 1.165) is 49.2 Å². The van der Waals surface area contributed by atoms with Crippen molar-refractivity contribution in [3.8, 4) is 0 Å². The van der Waals surface area contributed by atoms with Crippen molar-refractivity contribution in [3.63, 3.8) is 0 Å². The van der Waals surface area contributed by atoms with Crippen molar-refractivity contribution in [1.82, 2.24) is 4.90 Å². The Bertz CT molecular complexity index is 168. The topological polar surface area (TPSA) is 81.3 Å². The van der Waals surface area contributed by atoms with Gasteiger partial charge in [0, 0.05) is 49.2 Å². The summed E-state index contributed by atoms with van der Waals surface area (Å²) in [6.07, 6.45) is 0. The van der Waals surface area contributed by atoms with Crippen molar-refractivity contribution in [2.45, 2.75) is 0 Å². The molecule has 0 rings (SSSR count). The van der Waals surface area contributed by atoms with Crippen LogP contribution in [0.3, 0.4) is 0 Å². The number of nitrogens with zero attached hydrogens (tertiary/aromatic N) is 1. The molecule has 0 aromatic rings. The molecule has 0 radical (unpaired) electrons. The zero-order valence-electron chi connectivity index (χ0n) is 9.56. The quantitative estimate of drug-likeness (QED) is 0.382. The van der Waals surface area contributed by atoms with Gasteiger partial charge in [0.15, 0.2) is 5.11 Å². The van der Waals surface area contributed by atoms with Crippen molar-refractivity contribution >= 4 is 40.9 Å². The summed E-state index contributed by atoms with van der Waals surface area (Å²) in [5.74, 6) is 4.03. The average Bonchev–Trinajstić information content (AvgIpc) is 2.26. The molecule has 96 valence electrons. The first-order chi connectivity index (χ1) is 7.72. The summed E-state index contributed by atoms with van der Waals surface area (Å²) < 4.78 is 0. The van der Waals surface area contributed by atoms with Gasteiger partial charge >= 0.3 is 0 Å². The maximum atomic E-state index is 5.66. The van der Waals surface area contributed by atoms with Crippen LogP contribution in [0.25, 0.3) is 0 Å². The second-order valence-corrected chi connectivity index (χ2v) is 6.00. The minimum Gasteiger partial charge on any atom is -0.376 e. The van der Waals surface area contributed by atoms with Gasteiger partial charge in [-0.3, -0.25) is 0 Å². The van der Waals surface area contributed by atoms with E-state index < -0.39 is 0 Å². The third-order valence-electron chi connectivity index (χ3n) is 1.85. The van der Waals surface area contributed by atoms with Crippen molar-refractivity contribution in [1.29, 1.82) is 0 Å². The van der Waals surface area contributed by atoms with Gasteiger partial charge in [-0.25, -0.2) is 0 Å². The molecule has 0 saturated heterocycles. The second kappa shape index (κ2) is 11.8. The predicted molar refractivity (Wildman–Crippen MR) is 81.1 cm³/mol. The van der Waals surface area contributed by atoms with E-state index in [-0.39, 0.29) is 0 Å². The summed E-state index contributed by atoms with van der Waals surface area (Å²) in [6, 6.07) is 0. The minimum atomic E-state index is 0.488. The first-order valence-electron chi connectivity index (χ1n) is 5.32. The molecule has 0 unspecified atom stereocenters. The third kappa shape index (κ3) is 9.53. The highest BCUT2D eigenvalue weighted by molar-refractivity contribution is 7.99. The predicted octanol–water partition coefficient (Wildman–Crippen LogP) is -0.0842. The Balaban J connectivity index is 3.59. The highest BCUT2D eigenvalue weighted by atomic mass is 32.2. The van der Waals surface area contributed by atoms with Gasteiger partial charge < -0.3 is 22.1 Å². The molecule has 0 fully saturated rings. The number of thiocarbonyl (C=S) groups is 1. The van der Waals surface area contributed by atoms with Gasteiger partial charge in [0.25, 0.3) is 0 Å². The molecule has 0 spiro atoms. The van der Waals surface area contributed by atoms with Crippen LogP contribution in [-0.4, -0.2) is 59.2 Å². The molecular weight excluding hydrogens is 260 g/mol. The van der Waals surface area contributed by atoms with Crippen LogP contribution in [0.1, 0.15) is 0 Å². The zero-order chi connectivity index (χ0) is 12.2. The SMILES string of the molecule is NCCSCCN(CCSCCN)C(N)=S. The highest BCUT2D eigenvalue weighted by Gasteiger charge is 2.05. The Morgan fingerprint density at radius 1 is 0.938 bits per heavy atom. The molecule has 0 heterocycles. The summed E-state index contributed by atoms with van der Waals surface area (Å²) in [7, 11) is 0. The molecule has 0 aromatic heterocycles. The van der Waals surface area contributed by atoms with Crippen LogP contribution in [-0.2, 0) is 0 Å². The normalized spacial score (nSPS) is 10.4. The molecule has 0 aliphatic rings. The minimum absolute atomic E-state index is 0.488. The summed E-state index contributed by atoms with van der Waals surface area (Å²) >= 11 is 8.68. The Morgan fingerprint density at radius 3 is 1.69 bits per heavy atom. The van der Waals surface area contributed by atoms with E-state index in [9.17, 15) is 0 Å². The van der Waals surface area contributed by atoms with Gasteiger partial charge in [-0.1, -0.05) is 0 Å². The van der Waals surface area contributed by atoms with E-state index in [2.05, 4.69) is 0 Å². The lowest BCUT2D eigenvalue weighted by Gasteiger charge is -2.22. The fourth-order valence-corrected chi connectivity index (χ4v) is 2.68. The fourth-order valence-electron chi connectivity index (χ4n) is 1.05. The second-order valence-electron chi connectivity index (χ2n) is 3.13. The Labute approximate surface area is 112 Å². The molecule has 4 nitrogen and oxygen atoms in total. The van der Waals surface area contributed by atoms with E-state index in [4.69, 9.17) is 29.4 Å². The summed E-state index contributed by atoms with van der Waals surface area (Å²) in [5.41, 5.74) is 16.5. The molecule has 16 heavy (non-hydrogen) atoms. The lowest BCUT2D eigenvalue weighted by molar-refractivity contribution is 0.477. The van der Waals surface area contributed by atoms with Gasteiger partial charge in [0.1, 0.15) is 0 Å². The van der Waals surface area contributed by atoms with Crippen LogP contribution in [0, 0.1) is 0 Å². The van der Waals surface area contributed by atoms with Gasteiger partial charge in [-0.2, -0.15) is 23.5 Å². The van der Waals surface area contributed by atoms with Crippen molar-refractivity contribution < 1.29 is 0 Å². The number of hydrogen-bond acceptors (Lipinski definition) is 5. The summed E-state index contributed by atoms with van der Waals surface area (Å²) in [6.45, 7) is 3.26. The van der Waals surface area contributed by atoms with Crippen molar-refractivity contribution in [2.24, 2.45) is 17.2 Å². The summed E-state index contributed by atoms with van der Waals surface area (Å²) in [5, 5.41) is 0.488. The van der Waals surface area contributed by atoms with Gasteiger partial charge in [-0.05, 0) is 12.2 Å². The van der Waals surface area contributed by atoms with Crippen LogP contribution >= 0.6 is 35.7 Å². The Kier molecular flexibility index (Phi) is 12.0. The van der Waals surface area contributed by atoms with Gasteiger partial charge in [-0.15, -0.1) is 0 Å². The molecule has 0 aliphatic carbocycles. The fraction of sp³-hybridized carbons (Fsp3) is 0.889. The smallest absolute Gasteiger partial charge is 0.166 e. The molecule has 0 atom stereocenters. The largest absolute Gasteiger partial charge is 0.376 e. The Morgan fingerprint density at radius 2 is 1.38 bits per heavy atom. The van der Waals surface area contributed by atoms with Crippen LogP contribution in [0.4, 0.5) is 0 Å². The number of rotatable bonds is 10. The number of nitrogens with two attached hydrogens (primary N) is 3. The third-order valence-corrected chi connectivity index (χ3v) is 4.10. The zero-order valence-corrected chi connectivity index (χ0v) is 12.0. The number of hydrogen-bond donors (Lipinski definition) is 3. The first-order valence-corrected chi connectivity index (χ1v) is 8.04. The molecule has 0 aliphatic heterocycles. The van der Waals surface area contributed by atoms with E-state index in [1.54, 1.807) is 0 Å². The Hall–Kier alpha value is 0.310. The van der Waals surface area contributed by atoms with Crippen LogP contribution < -0.4 is 17.2 Å². The molecule has 0 bridgehead atoms. The van der Waals surface area contributed by atoms with Gasteiger partial charge in [0.2, 0.25) is 0 Å². The molecule has 0 amide bonds. The van der Waals surface area contributed by atoms with E-state index >= 15 is 0 Å². The lowest BCUT2D eigenvalue weighted by Crippen LogP contribution is -2.38. The van der Waals surface area contributed by atoms with E-state index in [0.29, 0.717) is 5.11 Å². The lowest BCUT2D eigenvalue weighted by atomic mass is 10.5. The molecule has 6 N–H and O–H groups in total. The number of thioether (sulfide) groups is 2. The van der Waals surface area contributed by atoms with E-state index in [1.165, 1.54) is 0 Å². The molecular formula is C9H22N4S3. The summed E-state index contributed by atoms with van der Waals surface area (Å²) in [4.78, 5) is 2.04. The average molecular weight is 283 g/mol. The van der Waals surface area contributed by atoms with E-state index in [1.807, 2.05) is 28.4 Å². The van der Waals surface area contributed by atoms with Gasteiger partial charge in [0.05, 0.1) is 0 Å². The van der Waals surface area contributed by atoms with Crippen LogP contribution in [0.2, 0.25) is 0 Å². The first kappa shape index (κ1) is 16.3.